The van der Waals surface area contributed by atoms with Crippen LogP contribution in [0.15, 0.2) is 60.9 Å². The Morgan fingerprint density at radius 3 is 2.41 bits per heavy atom. The fraction of sp³-hybridized carbons (Fsp3) is 0.0870. The summed E-state index contributed by atoms with van der Waals surface area (Å²) >= 11 is 1.19. The first-order valence-corrected chi connectivity index (χ1v) is 10.5. The van der Waals surface area contributed by atoms with Crippen LogP contribution < -0.4 is 16.0 Å². The molecule has 0 aliphatic heterocycles. The van der Waals surface area contributed by atoms with Gasteiger partial charge in [-0.05, 0) is 61.9 Å². The summed E-state index contributed by atoms with van der Waals surface area (Å²) in [5, 5.41) is 19.5. The van der Waals surface area contributed by atoms with Crippen LogP contribution in [0.5, 0.6) is 5.75 Å². The number of phenolic OH excluding ortho intramolecular Hbond substituents is 1. The topological polar surface area (TPSA) is 99.2 Å². The number of nitrogens with zero attached hydrogens (tertiary/aromatic N) is 2. The lowest BCUT2D eigenvalue weighted by atomic mass is 10.1. The molecular formula is C23H20FN5O2S. The molecule has 4 N–H and O–H groups in total. The number of hydrogen-bond donors (Lipinski definition) is 4. The first-order valence-electron chi connectivity index (χ1n) is 9.71. The highest BCUT2D eigenvalue weighted by Gasteiger charge is 2.15. The van der Waals surface area contributed by atoms with Crippen molar-refractivity contribution in [3.63, 3.8) is 0 Å². The molecule has 2 aromatic heterocycles. The van der Waals surface area contributed by atoms with Gasteiger partial charge in [0, 0.05) is 11.3 Å². The SMILES string of the molecule is Cc1ccc(O)c(C)c1NC(=O)c1cnc(Nc2ccc(Nc3ccc(F)cc3)cn2)s1. The highest BCUT2D eigenvalue weighted by atomic mass is 32.1. The van der Waals surface area contributed by atoms with Crippen molar-refractivity contribution in [2.24, 2.45) is 0 Å². The minimum absolute atomic E-state index is 0.126. The second kappa shape index (κ2) is 9.03. The van der Waals surface area contributed by atoms with E-state index in [1.807, 2.05) is 13.0 Å². The van der Waals surface area contributed by atoms with Crippen LogP contribution >= 0.6 is 11.3 Å². The average molecular weight is 450 g/mol. The Balaban J connectivity index is 1.40. The predicted molar refractivity (Wildman–Crippen MR) is 125 cm³/mol. The number of benzene rings is 2. The first-order chi connectivity index (χ1) is 15.4. The number of carbonyl (C=O) groups is 1. The van der Waals surface area contributed by atoms with E-state index < -0.39 is 0 Å². The second-order valence-electron chi connectivity index (χ2n) is 7.07. The molecule has 32 heavy (non-hydrogen) atoms. The fourth-order valence-electron chi connectivity index (χ4n) is 2.99. The third-order valence-electron chi connectivity index (χ3n) is 4.74. The standard InChI is InChI=1S/C23H20FN5O2S/c1-13-3-9-18(30)14(2)21(13)29-22(31)19-12-26-23(32-19)28-20-10-8-17(11-25-20)27-16-6-4-15(24)5-7-16/h3-12,27,30H,1-2H3,(H,29,31)(H,25,26,28). The Bertz CT molecular complexity index is 1260. The number of aromatic nitrogens is 2. The summed E-state index contributed by atoms with van der Waals surface area (Å²) < 4.78 is 13.0. The van der Waals surface area contributed by atoms with Gasteiger partial charge in [0.15, 0.2) is 5.13 Å². The molecule has 7 nitrogen and oxygen atoms in total. The summed E-state index contributed by atoms with van der Waals surface area (Å²) in [6.45, 7) is 3.61. The van der Waals surface area contributed by atoms with Crippen molar-refractivity contribution >= 4 is 45.3 Å². The minimum atomic E-state index is -0.306. The van der Waals surface area contributed by atoms with E-state index in [0.717, 1.165) is 16.9 Å². The summed E-state index contributed by atoms with van der Waals surface area (Å²) in [6, 6.07) is 13.0. The number of aromatic hydroxyl groups is 1. The number of hydrogen-bond acceptors (Lipinski definition) is 7. The van der Waals surface area contributed by atoms with Crippen LogP contribution in [0.25, 0.3) is 0 Å². The highest BCUT2D eigenvalue weighted by molar-refractivity contribution is 7.17. The Morgan fingerprint density at radius 2 is 1.69 bits per heavy atom. The van der Waals surface area contributed by atoms with Gasteiger partial charge in [0.2, 0.25) is 0 Å². The van der Waals surface area contributed by atoms with Crippen molar-refractivity contribution < 1.29 is 14.3 Å². The summed E-state index contributed by atoms with van der Waals surface area (Å²) in [7, 11) is 0. The summed E-state index contributed by atoms with van der Waals surface area (Å²) in [5.41, 5.74) is 3.55. The number of amides is 1. The van der Waals surface area contributed by atoms with Gasteiger partial charge >= 0.3 is 0 Å². The van der Waals surface area contributed by atoms with Crippen molar-refractivity contribution in [3.05, 3.63) is 82.7 Å². The van der Waals surface area contributed by atoms with Gasteiger partial charge < -0.3 is 21.1 Å². The zero-order chi connectivity index (χ0) is 22.7. The molecule has 0 unspecified atom stereocenters. The van der Waals surface area contributed by atoms with Gasteiger partial charge in [0.25, 0.3) is 5.91 Å². The van der Waals surface area contributed by atoms with Crippen molar-refractivity contribution in [2.75, 3.05) is 16.0 Å². The summed E-state index contributed by atoms with van der Waals surface area (Å²) in [4.78, 5) is 21.6. The molecular weight excluding hydrogens is 429 g/mol. The molecule has 162 valence electrons. The Hall–Kier alpha value is -3.98. The van der Waals surface area contributed by atoms with Gasteiger partial charge in [-0.1, -0.05) is 17.4 Å². The van der Waals surface area contributed by atoms with Gasteiger partial charge in [-0.2, -0.15) is 0 Å². The molecule has 9 heteroatoms. The summed E-state index contributed by atoms with van der Waals surface area (Å²) in [6.07, 6.45) is 3.13. The van der Waals surface area contributed by atoms with Crippen LogP contribution in [0.1, 0.15) is 20.8 Å². The number of carbonyl (C=O) groups excluding carboxylic acids is 1. The molecule has 2 heterocycles. The molecule has 0 radical (unpaired) electrons. The van der Waals surface area contributed by atoms with E-state index in [1.165, 1.54) is 29.7 Å². The van der Waals surface area contributed by atoms with Crippen molar-refractivity contribution in [2.45, 2.75) is 13.8 Å². The van der Waals surface area contributed by atoms with Crippen LogP contribution in [0.4, 0.5) is 32.4 Å². The fourth-order valence-corrected chi connectivity index (χ4v) is 3.71. The van der Waals surface area contributed by atoms with E-state index in [2.05, 4.69) is 25.9 Å². The number of aryl methyl sites for hydroxylation is 1. The lowest BCUT2D eigenvalue weighted by Gasteiger charge is -2.11. The molecule has 0 aliphatic rings. The Kier molecular flexibility index (Phi) is 6.00. The number of thiazole rings is 1. The Labute approximate surface area is 188 Å². The molecule has 1 amide bonds. The predicted octanol–water partition coefficient (Wildman–Crippen LogP) is 5.74. The smallest absolute Gasteiger partial charge is 0.267 e. The molecule has 0 spiro atoms. The van der Waals surface area contributed by atoms with E-state index in [0.29, 0.717) is 27.1 Å². The number of phenols is 1. The molecule has 0 fully saturated rings. The maximum absolute atomic E-state index is 13.0. The minimum Gasteiger partial charge on any atom is -0.508 e. The van der Waals surface area contributed by atoms with Crippen LogP contribution in [0.3, 0.4) is 0 Å². The van der Waals surface area contributed by atoms with Crippen LogP contribution in [0.2, 0.25) is 0 Å². The second-order valence-corrected chi connectivity index (χ2v) is 8.11. The number of anilines is 5. The normalized spacial score (nSPS) is 10.6. The molecule has 2 aromatic carbocycles. The van der Waals surface area contributed by atoms with Crippen LogP contribution in [-0.4, -0.2) is 21.0 Å². The van der Waals surface area contributed by atoms with E-state index >= 15 is 0 Å². The first kappa shape index (κ1) is 21.3. The zero-order valence-electron chi connectivity index (χ0n) is 17.3. The zero-order valence-corrected chi connectivity index (χ0v) is 18.1. The third kappa shape index (κ3) is 4.84. The van der Waals surface area contributed by atoms with Gasteiger partial charge in [-0.3, -0.25) is 4.79 Å². The molecule has 0 saturated carbocycles. The van der Waals surface area contributed by atoms with E-state index in [-0.39, 0.29) is 17.5 Å². The third-order valence-corrected chi connectivity index (χ3v) is 5.66. The van der Waals surface area contributed by atoms with Crippen molar-refractivity contribution in [3.8, 4) is 5.75 Å². The molecule has 0 saturated heterocycles. The number of halogens is 1. The van der Waals surface area contributed by atoms with Gasteiger partial charge in [-0.15, -0.1) is 0 Å². The highest BCUT2D eigenvalue weighted by Crippen LogP contribution is 2.29. The van der Waals surface area contributed by atoms with Gasteiger partial charge in [0.1, 0.15) is 22.3 Å². The molecule has 0 aliphatic carbocycles. The number of nitrogens with one attached hydrogen (secondary N) is 3. The number of rotatable bonds is 6. The molecule has 0 bridgehead atoms. The van der Waals surface area contributed by atoms with Gasteiger partial charge in [0.05, 0.1) is 23.8 Å². The maximum atomic E-state index is 13.0. The molecule has 0 atom stereocenters. The van der Waals surface area contributed by atoms with E-state index in [4.69, 9.17) is 0 Å². The lowest BCUT2D eigenvalue weighted by molar-refractivity contribution is 0.103. The molecule has 4 aromatic rings. The Morgan fingerprint density at radius 1 is 0.938 bits per heavy atom. The maximum Gasteiger partial charge on any atom is 0.267 e. The van der Waals surface area contributed by atoms with Crippen molar-refractivity contribution in [1.29, 1.82) is 0 Å². The van der Waals surface area contributed by atoms with E-state index in [9.17, 15) is 14.3 Å². The van der Waals surface area contributed by atoms with Gasteiger partial charge in [-0.25, -0.2) is 14.4 Å². The molecule has 4 rings (SSSR count). The van der Waals surface area contributed by atoms with Crippen LogP contribution in [-0.2, 0) is 0 Å². The van der Waals surface area contributed by atoms with E-state index in [1.54, 1.807) is 43.5 Å². The van der Waals surface area contributed by atoms with Crippen molar-refractivity contribution in [1.82, 2.24) is 9.97 Å². The monoisotopic (exact) mass is 449 g/mol. The summed E-state index contributed by atoms with van der Waals surface area (Å²) in [5.74, 6) is 0.0905. The lowest BCUT2D eigenvalue weighted by Crippen LogP contribution is -2.12. The largest absolute Gasteiger partial charge is 0.508 e. The quantitative estimate of drug-likeness (QED) is 0.300. The average Bonchev–Trinajstić information content (AvgIpc) is 3.25. The number of pyridine rings is 1. The van der Waals surface area contributed by atoms with Crippen LogP contribution in [0, 0.1) is 19.7 Å².